The van der Waals surface area contributed by atoms with Crippen molar-refractivity contribution in [2.24, 2.45) is 0 Å². The number of anilines is 1. The quantitative estimate of drug-likeness (QED) is 0.279. The summed E-state index contributed by atoms with van der Waals surface area (Å²) in [5.74, 6) is -2.21. The van der Waals surface area contributed by atoms with Gasteiger partial charge < -0.3 is 14.2 Å². The lowest BCUT2D eigenvalue weighted by Gasteiger charge is -2.19. The van der Waals surface area contributed by atoms with Crippen LogP contribution in [0.1, 0.15) is 48.0 Å². The summed E-state index contributed by atoms with van der Waals surface area (Å²) in [4.78, 5) is 70.0. The van der Waals surface area contributed by atoms with Crippen LogP contribution in [-0.2, 0) is 36.5 Å². The van der Waals surface area contributed by atoms with Crippen molar-refractivity contribution >= 4 is 35.0 Å². The first-order valence-electron chi connectivity index (χ1n) is 13.6. The van der Waals surface area contributed by atoms with Crippen molar-refractivity contribution < 1.29 is 41.8 Å². The first-order valence-corrected chi connectivity index (χ1v) is 13.6. The summed E-state index contributed by atoms with van der Waals surface area (Å²) < 4.78 is 58.1. The summed E-state index contributed by atoms with van der Waals surface area (Å²) in [5, 5.41) is 2.33. The molecular formula is C29H26F3N5O8. The van der Waals surface area contributed by atoms with Gasteiger partial charge in [-0.05, 0) is 29.8 Å². The molecule has 4 aromatic rings. The normalized spacial score (nSPS) is 18.1. The molecule has 2 aromatic carbocycles. The molecule has 2 aromatic heterocycles. The van der Waals surface area contributed by atoms with E-state index in [0.717, 1.165) is 40.3 Å². The lowest BCUT2D eigenvalue weighted by Crippen LogP contribution is -2.34. The smallest absolute Gasteiger partial charge is 0.416 e. The van der Waals surface area contributed by atoms with Crippen LogP contribution in [0.5, 0.6) is 0 Å². The Morgan fingerprint density at radius 1 is 1.07 bits per heavy atom. The molecule has 1 amide bonds. The predicted molar refractivity (Wildman–Crippen MR) is 150 cm³/mol. The molecule has 236 valence electrons. The van der Waals surface area contributed by atoms with Crippen molar-refractivity contribution in [3.05, 3.63) is 92.1 Å². The molecule has 1 saturated heterocycles. The van der Waals surface area contributed by atoms with Crippen LogP contribution in [0.2, 0.25) is 0 Å². The molecular weight excluding hydrogens is 603 g/mol. The number of nitrogens with zero attached hydrogens (tertiary/aromatic N) is 3. The van der Waals surface area contributed by atoms with Crippen molar-refractivity contribution in [1.29, 1.82) is 0 Å². The maximum Gasteiger partial charge on any atom is 0.416 e. The van der Waals surface area contributed by atoms with E-state index >= 15 is 0 Å². The topological polar surface area (TPSA) is 164 Å². The number of H-pyrrole nitrogens is 1. The van der Waals surface area contributed by atoms with Gasteiger partial charge >= 0.3 is 23.8 Å². The average molecular weight is 630 g/mol. The highest BCUT2D eigenvalue weighted by atomic mass is 19.4. The van der Waals surface area contributed by atoms with E-state index in [9.17, 15) is 37.1 Å². The lowest BCUT2D eigenvalue weighted by molar-refractivity contribution is -0.152. The number of hydrogen-bond acceptors (Lipinski definition) is 9. The van der Waals surface area contributed by atoms with E-state index in [4.69, 9.17) is 14.2 Å². The Kier molecular flexibility index (Phi) is 8.59. The third-order valence-electron chi connectivity index (χ3n) is 6.85. The zero-order valence-corrected chi connectivity index (χ0v) is 23.8. The Bertz CT molecular complexity index is 1870. The molecule has 1 aliphatic heterocycles. The van der Waals surface area contributed by atoms with Crippen molar-refractivity contribution in [2.45, 2.75) is 51.4 Å². The van der Waals surface area contributed by atoms with Gasteiger partial charge in [-0.2, -0.15) is 18.2 Å². The number of aromatic nitrogens is 4. The number of nitrogens with one attached hydrogen (secondary N) is 2. The molecule has 0 radical (unpaired) electrons. The Hall–Kier alpha value is -5.25. The van der Waals surface area contributed by atoms with Gasteiger partial charge in [0.05, 0.1) is 23.8 Å². The minimum Gasteiger partial charge on any atom is -0.459 e. The number of benzene rings is 2. The number of halogens is 3. The van der Waals surface area contributed by atoms with Crippen LogP contribution < -0.4 is 16.6 Å². The summed E-state index contributed by atoms with van der Waals surface area (Å²) in [7, 11) is 0. The fraction of sp³-hybridized carbons (Fsp3) is 0.310. The molecule has 16 heteroatoms. The first-order chi connectivity index (χ1) is 21.3. The molecule has 45 heavy (non-hydrogen) atoms. The van der Waals surface area contributed by atoms with Gasteiger partial charge in [0.1, 0.15) is 12.7 Å². The van der Waals surface area contributed by atoms with E-state index in [2.05, 4.69) is 15.3 Å². The fourth-order valence-electron chi connectivity index (χ4n) is 4.96. The fourth-order valence-corrected chi connectivity index (χ4v) is 4.96. The Labute approximate surface area is 251 Å². The highest BCUT2D eigenvalue weighted by Crippen LogP contribution is 2.33. The standard InChI is InChI=1S/C29H26F3N5O8/c1-15(38)33-27-34-23-22(24(40)35-27)36(13-17-8-10-19(11-9-17)29(30,31)32)28(42)37(23)25-21(44-16(2)39)12-20(45-25)14-43-26(41)18-6-4-3-5-7-18/h3-11,20-21,25H,12-14H2,1-2H3,(H2,33,34,35,38,40)/t20-,21+,25-/m0/s1. The Balaban J connectivity index is 1.55. The van der Waals surface area contributed by atoms with Gasteiger partial charge in [0.2, 0.25) is 11.9 Å². The second-order valence-electron chi connectivity index (χ2n) is 10.2. The van der Waals surface area contributed by atoms with Gasteiger partial charge in [-0.15, -0.1) is 0 Å². The lowest BCUT2D eigenvalue weighted by atomic mass is 10.1. The van der Waals surface area contributed by atoms with E-state index in [1.54, 1.807) is 30.3 Å². The van der Waals surface area contributed by atoms with Crippen LogP contribution in [0.15, 0.2) is 64.2 Å². The molecule has 0 unspecified atom stereocenters. The predicted octanol–water partition coefficient (Wildman–Crippen LogP) is 2.99. The van der Waals surface area contributed by atoms with Crippen LogP contribution >= 0.6 is 0 Å². The van der Waals surface area contributed by atoms with Gasteiger partial charge in [-0.1, -0.05) is 30.3 Å². The van der Waals surface area contributed by atoms with E-state index in [-0.39, 0.29) is 42.2 Å². The maximum atomic E-state index is 13.9. The first kappa shape index (κ1) is 31.2. The highest BCUT2D eigenvalue weighted by Gasteiger charge is 2.42. The maximum absolute atomic E-state index is 13.9. The molecule has 5 rings (SSSR count). The van der Waals surface area contributed by atoms with Crippen LogP contribution in [0.3, 0.4) is 0 Å². The number of imidazole rings is 1. The van der Waals surface area contributed by atoms with E-state index in [1.807, 2.05) is 0 Å². The second-order valence-corrected chi connectivity index (χ2v) is 10.2. The van der Waals surface area contributed by atoms with Crippen molar-refractivity contribution in [1.82, 2.24) is 19.1 Å². The number of carbonyl (C=O) groups excluding carboxylic acids is 3. The van der Waals surface area contributed by atoms with E-state index < -0.39 is 59.3 Å². The van der Waals surface area contributed by atoms with Crippen LogP contribution in [0.25, 0.3) is 11.2 Å². The SMILES string of the molecule is CC(=O)Nc1nc2c(c(=O)[nH]1)n(Cc1ccc(C(F)(F)F)cc1)c(=O)n2[C@H]1O[C@H](COC(=O)c2ccccc2)C[C@H]1OC(C)=O. The number of fused-ring (bicyclic) bond motifs is 1. The van der Waals surface area contributed by atoms with Gasteiger partial charge in [-0.3, -0.25) is 29.3 Å². The Morgan fingerprint density at radius 2 is 1.76 bits per heavy atom. The van der Waals surface area contributed by atoms with Gasteiger partial charge in [0.25, 0.3) is 5.56 Å². The van der Waals surface area contributed by atoms with E-state index in [0.29, 0.717) is 5.56 Å². The number of esters is 2. The molecule has 1 fully saturated rings. The second kappa shape index (κ2) is 12.4. The molecule has 13 nitrogen and oxygen atoms in total. The average Bonchev–Trinajstić information content (AvgIpc) is 3.48. The van der Waals surface area contributed by atoms with Gasteiger partial charge in [-0.25, -0.2) is 14.2 Å². The highest BCUT2D eigenvalue weighted by molar-refractivity contribution is 5.89. The summed E-state index contributed by atoms with van der Waals surface area (Å²) >= 11 is 0. The molecule has 3 heterocycles. The van der Waals surface area contributed by atoms with Crippen LogP contribution in [-0.4, -0.2) is 55.8 Å². The third kappa shape index (κ3) is 6.80. The molecule has 0 spiro atoms. The monoisotopic (exact) mass is 629 g/mol. The number of ether oxygens (including phenoxy) is 3. The molecule has 0 saturated carbocycles. The summed E-state index contributed by atoms with van der Waals surface area (Å²) in [5.41, 5.74) is -2.61. The largest absolute Gasteiger partial charge is 0.459 e. The number of carbonyl (C=O) groups is 3. The molecule has 1 aliphatic rings. The number of aromatic amines is 1. The van der Waals surface area contributed by atoms with Crippen molar-refractivity contribution in [3.8, 4) is 0 Å². The van der Waals surface area contributed by atoms with Crippen molar-refractivity contribution in [2.75, 3.05) is 11.9 Å². The number of alkyl halides is 3. The van der Waals surface area contributed by atoms with Crippen molar-refractivity contribution in [3.63, 3.8) is 0 Å². The third-order valence-corrected chi connectivity index (χ3v) is 6.85. The summed E-state index contributed by atoms with van der Waals surface area (Å²) in [6.07, 6.45) is -7.91. The number of rotatable bonds is 8. The van der Waals surface area contributed by atoms with Gasteiger partial charge in [0, 0.05) is 20.3 Å². The molecule has 0 bridgehead atoms. The number of hydrogen-bond donors (Lipinski definition) is 2. The zero-order chi connectivity index (χ0) is 32.5. The molecule has 2 N–H and O–H groups in total. The summed E-state index contributed by atoms with van der Waals surface area (Å²) in [6, 6.07) is 12.2. The number of amides is 1. The summed E-state index contributed by atoms with van der Waals surface area (Å²) in [6.45, 7) is 1.71. The Morgan fingerprint density at radius 3 is 2.38 bits per heavy atom. The minimum absolute atomic E-state index is 0.00786. The van der Waals surface area contributed by atoms with Gasteiger partial charge in [0.15, 0.2) is 17.4 Å². The zero-order valence-electron chi connectivity index (χ0n) is 23.8. The van der Waals surface area contributed by atoms with E-state index in [1.165, 1.54) is 6.92 Å². The molecule has 0 aliphatic carbocycles. The van der Waals surface area contributed by atoms with Crippen LogP contribution in [0, 0.1) is 0 Å². The van der Waals surface area contributed by atoms with Crippen LogP contribution in [0.4, 0.5) is 19.1 Å². The molecule has 3 atom stereocenters. The minimum atomic E-state index is -4.58.